The monoisotopic (exact) mass is 255 g/mol. The number of para-hydroxylation sites is 1. The first-order valence-electron chi connectivity index (χ1n) is 5.55. The van der Waals surface area contributed by atoms with E-state index in [1.165, 1.54) is 12.1 Å². The summed E-state index contributed by atoms with van der Waals surface area (Å²) in [6, 6.07) is 11.9. The van der Waals surface area contributed by atoms with Gasteiger partial charge in [-0.05, 0) is 18.2 Å². The van der Waals surface area contributed by atoms with E-state index >= 15 is 0 Å². The minimum atomic E-state index is -0.513. The topological polar surface area (TPSA) is 95.2 Å². The summed E-state index contributed by atoms with van der Waals surface area (Å²) in [5, 5.41) is 15.7. The van der Waals surface area contributed by atoms with Crippen molar-refractivity contribution in [3.05, 3.63) is 52.6 Å². The van der Waals surface area contributed by atoms with E-state index in [2.05, 4.69) is 5.16 Å². The van der Waals surface area contributed by atoms with E-state index in [1.54, 1.807) is 12.1 Å². The number of fused-ring (bicyclic) bond motifs is 1. The molecule has 0 amide bonds. The number of hydrogen-bond acceptors (Lipinski definition) is 5. The number of benzene rings is 2. The summed E-state index contributed by atoms with van der Waals surface area (Å²) in [6.45, 7) is 0. The van der Waals surface area contributed by atoms with Crippen molar-refractivity contribution in [2.45, 2.75) is 0 Å². The molecule has 0 spiro atoms. The van der Waals surface area contributed by atoms with Gasteiger partial charge in [-0.25, -0.2) is 0 Å². The molecule has 1 aromatic heterocycles. The van der Waals surface area contributed by atoms with Crippen molar-refractivity contribution in [2.24, 2.45) is 0 Å². The van der Waals surface area contributed by atoms with Crippen LogP contribution in [0.25, 0.3) is 22.2 Å². The van der Waals surface area contributed by atoms with Gasteiger partial charge in [-0.15, -0.1) is 0 Å². The van der Waals surface area contributed by atoms with Crippen LogP contribution in [0.4, 0.5) is 11.4 Å². The van der Waals surface area contributed by atoms with Crippen molar-refractivity contribution < 1.29 is 9.45 Å². The Morgan fingerprint density at radius 1 is 1.21 bits per heavy atom. The second-order valence-corrected chi connectivity index (χ2v) is 4.06. The van der Waals surface area contributed by atoms with Gasteiger partial charge >= 0.3 is 0 Å². The molecule has 0 radical (unpaired) electrons. The second-order valence-electron chi connectivity index (χ2n) is 4.06. The van der Waals surface area contributed by atoms with Crippen LogP contribution in [0.5, 0.6) is 0 Å². The predicted molar refractivity (Wildman–Crippen MR) is 70.5 cm³/mol. The highest BCUT2D eigenvalue weighted by molar-refractivity contribution is 5.92. The molecule has 0 fully saturated rings. The van der Waals surface area contributed by atoms with Crippen molar-refractivity contribution >= 4 is 22.3 Å². The molecule has 0 aliphatic carbocycles. The van der Waals surface area contributed by atoms with Gasteiger partial charge in [0, 0.05) is 17.0 Å². The van der Waals surface area contributed by atoms with Gasteiger partial charge < -0.3 is 10.3 Å². The molecular weight excluding hydrogens is 246 g/mol. The summed E-state index contributed by atoms with van der Waals surface area (Å²) in [7, 11) is 0. The molecular formula is C13H9N3O3. The molecule has 6 heteroatoms. The van der Waals surface area contributed by atoms with Crippen LogP contribution >= 0.6 is 0 Å². The third kappa shape index (κ3) is 1.79. The van der Waals surface area contributed by atoms with Crippen molar-refractivity contribution in [1.29, 1.82) is 0 Å². The third-order valence-electron chi connectivity index (χ3n) is 2.88. The maximum atomic E-state index is 10.9. The summed E-state index contributed by atoms with van der Waals surface area (Å²) in [6.07, 6.45) is 0. The standard InChI is InChI=1S/C13H9N3O3/c14-10-6-5-8(7-11(10)16(17)18)13-9-3-1-2-4-12(9)19-15-13/h1-7H,14H2. The van der Waals surface area contributed by atoms with Crippen LogP contribution in [0.15, 0.2) is 47.0 Å². The normalized spacial score (nSPS) is 10.7. The minimum Gasteiger partial charge on any atom is -0.393 e. The number of rotatable bonds is 2. The molecule has 1 heterocycles. The molecule has 19 heavy (non-hydrogen) atoms. The molecule has 94 valence electrons. The average molecular weight is 255 g/mol. The molecule has 0 atom stereocenters. The van der Waals surface area contributed by atoms with Crippen LogP contribution in [-0.4, -0.2) is 10.1 Å². The summed E-state index contributed by atoms with van der Waals surface area (Å²) >= 11 is 0. The zero-order valence-electron chi connectivity index (χ0n) is 9.74. The van der Waals surface area contributed by atoms with E-state index in [9.17, 15) is 10.1 Å². The lowest BCUT2D eigenvalue weighted by Gasteiger charge is -2.00. The molecule has 3 aromatic rings. The average Bonchev–Trinajstić information content (AvgIpc) is 2.83. The largest absolute Gasteiger partial charge is 0.393 e. The molecule has 0 unspecified atom stereocenters. The number of aromatic nitrogens is 1. The Morgan fingerprint density at radius 3 is 2.79 bits per heavy atom. The van der Waals surface area contributed by atoms with Crippen molar-refractivity contribution in [3.63, 3.8) is 0 Å². The summed E-state index contributed by atoms with van der Waals surface area (Å²) in [5.74, 6) is 0. The number of nitrogens with two attached hydrogens (primary N) is 1. The van der Waals surface area contributed by atoms with Crippen LogP contribution in [0, 0.1) is 10.1 Å². The lowest BCUT2D eigenvalue weighted by atomic mass is 10.1. The van der Waals surface area contributed by atoms with Crippen molar-refractivity contribution in [1.82, 2.24) is 5.16 Å². The fraction of sp³-hybridized carbons (Fsp3) is 0. The fourth-order valence-corrected chi connectivity index (χ4v) is 1.94. The Balaban J connectivity index is 2.22. The number of nitrogens with zero attached hydrogens (tertiary/aromatic N) is 2. The molecule has 0 saturated carbocycles. The van der Waals surface area contributed by atoms with Gasteiger partial charge in [0.25, 0.3) is 5.69 Å². The van der Waals surface area contributed by atoms with Crippen LogP contribution in [0.1, 0.15) is 0 Å². The number of hydrogen-bond donors (Lipinski definition) is 1. The summed E-state index contributed by atoms with van der Waals surface area (Å²) in [4.78, 5) is 10.4. The smallest absolute Gasteiger partial charge is 0.292 e. The summed E-state index contributed by atoms with van der Waals surface area (Å²) < 4.78 is 5.18. The number of nitrogen functional groups attached to an aromatic ring is 1. The summed E-state index contributed by atoms with van der Waals surface area (Å²) in [5.41, 5.74) is 7.37. The fourth-order valence-electron chi connectivity index (χ4n) is 1.94. The number of nitro groups is 1. The maximum Gasteiger partial charge on any atom is 0.292 e. The molecule has 0 bridgehead atoms. The van der Waals surface area contributed by atoms with E-state index in [-0.39, 0.29) is 11.4 Å². The van der Waals surface area contributed by atoms with Gasteiger partial charge in [-0.1, -0.05) is 23.4 Å². The molecule has 0 aliphatic heterocycles. The molecule has 2 N–H and O–H groups in total. The van der Waals surface area contributed by atoms with E-state index < -0.39 is 4.92 Å². The van der Waals surface area contributed by atoms with Crippen LogP contribution in [-0.2, 0) is 0 Å². The highest BCUT2D eigenvalue weighted by atomic mass is 16.6. The van der Waals surface area contributed by atoms with Crippen LogP contribution < -0.4 is 5.73 Å². The van der Waals surface area contributed by atoms with Crippen molar-refractivity contribution in [3.8, 4) is 11.3 Å². The van der Waals surface area contributed by atoms with Gasteiger partial charge in [0.1, 0.15) is 11.4 Å². The Morgan fingerprint density at radius 2 is 2.00 bits per heavy atom. The minimum absolute atomic E-state index is 0.126. The van der Waals surface area contributed by atoms with Gasteiger partial charge in [0.15, 0.2) is 5.58 Å². The quantitative estimate of drug-likeness (QED) is 0.431. The highest BCUT2D eigenvalue weighted by Crippen LogP contribution is 2.32. The molecule has 6 nitrogen and oxygen atoms in total. The van der Waals surface area contributed by atoms with E-state index in [4.69, 9.17) is 10.3 Å². The molecule has 0 aliphatic rings. The van der Waals surface area contributed by atoms with E-state index in [1.807, 2.05) is 18.2 Å². The zero-order valence-corrected chi connectivity index (χ0v) is 9.74. The highest BCUT2D eigenvalue weighted by Gasteiger charge is 2.16. The lowest BCUT2D eigenvalue weighted by Crippen LogP contribution is -1.95. The molecule has 2 aromatic carbocycles. The van der Waals surface area contributed by atoms with E-state index in [0.29, 0.717) is 16.8 Å². The Labute approximate surface area is 107 Å². The Kier molecular flexibility index (Phi) is 2.42. The first-order valence-corrected chi connectivity index (χ1v) is 5.55. The Hall–Kier alpha value is -2.89. The van der Waals surface area contributed by atoms with Gasteiger partial charge in [-0.3, -0.25) is 10.1 Å². The number of anilines is 1. The van der Waals surface area contributed by atoms with Gasteiger partial charge in [0.05, 0.1) is 4.92 Å². The number of nitro benzene ring substituents is 1. The molecule has 0 saturated heterocycles. The van der Waals surface area contributed by atoms with E-state index in [0.717, 1.165) is 5.39 Å². The van der Waals surface area contributed by atoms with Gasteiger partial charge in [-0.2, -0.15) is 0 Å². The zero-order chi connectivity index (χ0) is 13.4. The molecule has 3 rings (SSSR count). The SMILES string of the molecule is Nc1ccc(-c2noc3ccccc23)cc1[N+](=O)[O-]. The predicted octanol–water partition coefficient (Wildman–Crippen LogP) is 2.99. The van der Waals surface area contributed by atoms with Crippen molar-refractivity contribution in [2.75, 3.05) is 5.73 Å². The lowest BCUT2D eigenvalue weighted by molar-refractivity contribution is -0.383. The van der Waals surface area contributed by atoms with Crippen LogP contribution in [0.3, 0.4) is 0 Å². The van der Waals surface area contributed by atoms with Crippen LogP contribution in [0.2, 0.25) is 0 Å². The first-order chi connectivity index (χ1) is 9.16. The van der Waals surface area contributed by atoms with Gasteiger partial charge in [0.2, 0.25) is 0 Å². The Bertz CT molecular complexity index is 780. The first kappa shape index (κ1) is 11.2. The third-order valence-corrected chi connectivity index (χ3v) is 2.88. The second kappa shape index (κ2) is 4.09. The maximum absolute atomic E-state index is 10.9.